The first kappa shape index (κ1) is 11.5. The zero-order valence-electron chi connectivity index (χ0n) is 11.1. The molecule has 2 heterocycles. The Hall–Kier alpha value is -1.64. The molecule has 18 heavy (non-hydrogen) atoms. The van der Waals surface area contributed by atoms with Crippen molar-refractivity contribution in [1.82, 2.24) is 9.78 Å². The first-order valence-corrected chi connectivity index (χ1v) is 6.84. The number of fused-ring (bicyclic) bond motifs is 1. The van der Waals surface area contributed by atoms with E-state index in [1.165, 1.54) is 18.7 Å². The molecule has 0 spiro atoms. The van der Waals surface area contributed by atoms with Gasteiger partial charge in [-0.2, -0.15) is 0 Å². The van der Waals surface area contributed by atoms with E-state index in [0.717, 1.165) is 18.0 Å². The molecule has 1 unspecified atom stereocenters. The van der Waals surface area contributed by atoms with Gasteiger partial charge in [-0.05, 0) is 24.5 Å². The van der Waals surface area contributed by atoms with Gasteiger partial charge in [0, 0.05) is 11.5 Å². The fourth-order valence-electron chi connectivity index (χ4n) is 2.79. The Kier molecular flexibility index (Phi) is 2.90. The van der Waals surface area contributed by atoms with Gasteiger partial charge in [0.05, 0.1) is 6.04 Å². The molecule has 94 valence electrons. The van der Waals surface area contributed by atoms with Gasteiger partial charge in [0.2, 0.25) is 6.33 Å². The monoisotopic (exact) mass is 242 g/mol. The van der Waals surface area contributed by atoms with E-state index < -0.39 is 0 Å². The first-order chi connectivity index (χ1) is 8.79. The molecular weight excluding hydrogens is 222 g/mol. The molecule has 1 aromatic carbocycles. The molecule has 0 radical (unpaired) electrons. The number of hydrogen-bond donors (Lipinski definition) is 0. The summed E-state index contributed by atoms with van der Waals surface area (Å²) in [6.45, 7) is 4.61. The molecular formula is C15H20N3+. The van der Waals surface area contributed by atoms with E-state index in [2.05, 4.69) is 49.0 Å². The summed E-state index contributed by atoms with van der Waals surface area (Å²) in [5.41, 5.74) is 1.14. The zero-order chi connectivity index (χ0) is 12.5. The summed E-state index contributed by atoms with van der Waals surface area (Å²) in [5.74, 6) is 1.95. The maximum absolute atomic E-state index is 4.71. The summed E-state index contributed by atoms with van der Waals surface area (Å²) in [7, 11) is 0. The minimum absolute atomic E-state index is 0.627. The van der Waals surface area contributed by atoms with Crippen molar-refractivity contribution in [2.75, 3.05) is 0 Å². The molecule has 0 N–H and O–H groups in total. The van der Waals surface area contributed by atoms with Gasteiger partial charge in [-0.15, -0.1) is 0 Å². The summed E-state index contributed by atoms with van der Waals surface area (Å²) in [6, 6.07) is 11.0. The number of para-hydroxylation sites is 1. The second-order valence-electron chi connectivity index (χ2n) is 5.21. The maximum atomic E-state index is 4.71. The first-order valence-electron chi connectivity index (χ1n) is 6.84. The lowest BCUT2D eigenvalue weighted by atomic mass is 9.97. The highest BCUT2D eigenvalue weighted by molar-refractivity contribution is 5.28. The van der Waals surface area contributed by atoms with Crippen LogP contribution in [0.5, 0.6) is 0 Å². The van der Waals surface area contributed by atoms with Crippen molar-refractivity contribution >= 4 is 0 Å². The van der Waals surface area contributed by atoms with Crippen molar-refractivity contribution < 1.29 is 4.57 Å². The largest absolute Gasteiger partial charge is 0.278 e. The quantitative estimate of drug-likeness (QED) is 0.758. The molecule has 0 bridgehead atoms. The van der Waals surface area contributed by atoms with Crippen LogP contribution < -0.4 is 4.57 Å². The molecule has 0 saturated carbocycles. The van der Waals surface area contributed by atoms with E-state index in [4.69, 9.17) is 5.10 Å². The summed E-state index contributed by atoms with van der Waals surface area (Å²) >= 11 is 0. The lowest BCUT2D eigenvalue weighted by molar-refractivity contribution is -0.723. The molecule has 0 saturated heterocycles. The molecule has 3 heteroatoms. The fourth-order valence-corrected chi connectivity index (χ4v) is 2.79. The Labute approximate surface area is 108 Å². The Morgan fingerprint density at radius 1 is 1.39 bits per heavy atom. The predicted molar refractivity (Wildman–Crippen MR) is 70.6 cm³/mol. The van der Waals surface area contributed by atoms with Gasteiger partial charge >= 0.3 is 0 Å². The Balaban J connectivity index is 1.95. The molecule has 0 aliphatic carbocycles. The molecule has 1 aromatic heterocycles. The van der Waals surface area contributed by atoms with Gasteiger partial charge in [-0.1, -0.05) is 43.1 Å². The third-order valence-electron chi connectivity index (χ3n) is 4.10. The molecule has 0 amide bonds. The van der Waals surface area contributed by atoms with E-state index >= 15 is 0 Å². The van der Waals surface area contributed by atoms with Crippen LogP contribution in [0.15, 0.2) is 36.7 Å². The number of nitrogens with zero attached hydrogens (tertiary/aromatic N) is 3. The highest BCUT2D eigenvalue weighted by Gasteiger charge is 2.34. The molecule has 2 atom stereocenters. The zero-order valence-corrected chi connectivity index (χ0v) is 11.1. The highest BCUT2D eigenvalue weighted by Crippen LogP contribution is 2.26. The average molecular weight is 242 g/mol. The topological polar surface area (TPSA) is 21.7 Å². The fraction of sp³-hybridized carbons (Fsp3) is 0.467. The molecule has 3 nitrogen and oxygen atoms in total. The van der Waals surface area contributed by atoms with Crippen molar-refractivity contribution in [3.63, 3.8) is 0 Å². The molecule has 0 fully saturated rings. The minimum atomic E-state index is 0.627. The van der Waals surface area contributed by atoms with Crippen molar-refractivity contribution in [3.8, 4) is 5.69 Å². The number of benzene rings is 1. The van der Waals surface area contributed by atoms with Crippen LogP contribution in [0.1, 0.15) is 38.6 Å². The van der Waals surface area contributed by atoms with E-state index in [0.29, 0.717) is 6.04 Å². The predicted octanol–water partition coefficient (Wildman–Crippen LogP) is 2.69. The van der Waals surface area contributed by atoms with Crippen LogP contribution in [0.3, 0.4) is 0 Å². The number of rotatable bonds is 3. The second-order valence-corrected chi connectivity index (χ2v) is 5.21. The third-order valence-corrected chi connectivity index (χ3v) is 4.10. The number of aryl methyl sites for hydroxylation is 1. The Morgan fingerprint density at radius 2 is 2.17 bits per heavy atom. The Bertz CT molecular complexity index is 530. The summed E-state index contributed by atoms with van der Waals surface area (Å²) in [4.78, 5) is 0. The van der Waals surface area contributed by atoms with E-state index in [9.17, 15) is 0 Å². The highest BCUT2D eigenvalue weighted by atomic mass is 15.4. The van der Waals surface area contributed by atoms with Crippen LogP contribution in [-0.4, -0.2) is 9.78 Å². The third kappa shape index (κ3) is 1.84. The molecule has 2 aromatic rings. The number of aromatic nitrogens is 3. The SMILES string of the molecule is CCC(C)[C@H]1CCc2nn(-c3ccccc3)c[n+]21. The van der Waals surface area contributed by atoms with Crippen molar-refractivity contribution in [3.05, 3.63) is 42.5 Å². The van der Waals surface area contributed by atoms with Gasteiger partial charge in [-0.3, -0.25) is 0 Å². The molecule has 1 aliphatic rings. The standard InChI is InChI=1S/C15H20N3/c1-3-12(2)14-9-10-15-16-18(11-17(14)15)13-7-5-4-6-8-13/h4-8,11-12,14H,3,9-10H2,1-2H3/q+1/t12?,14-/m1/s1. The van der Waals surface area contributed by atoms with Crippen LogP contribution in [0.4, 0.5) is 0 Å². The van der Waals surface area contributed by atoms with Crippen LogP contribution >= 0.6 is 0 Å². The summed E-state index contributed by atoms with van der Waals surface area (Å²) in [6.07, 6.45) is 5.74. The van der Waals surface area contributed by atoms with Gasteiger partial charge in [-0.25, -0.2) is 4.57 Å². The van der Waals surface area contributed by atoms with Gasteiger partial charge < -0.3 is 0 Å². The van der Waals surface area contributed by atoms with Crippen LogP contribution in [0.25, 0.3) is 5.69 Å². The van der Waals surface area contributed by atoms with Gasteiger partial charge in [0.25, 0.3) is 5.82 Å². The van der Waals surface area contributed by atoms with E-state index in [1.807, 2.05) is 10.7 Å². The minimum Gasteiger partial charge on any atom is -0.231 e. The number of hydrogen-bond acceptors (Lipinski definition) is 1. The maximum Gasteiger partial charge on any atom is 0.278 e. The Morgan fingerprint density at radius 3 is 2.89 bits per heavy atom. The smallest absolute Gasteiger partial charge is 0.231 e. The summed E-state index contributed by atoms with van der Waals surface area (Å²) < 4.78 is 4.38. The van der Waals surface area contributed by atoms with Crippen LogP contribution in [0.2, 0.25) is 0 Å². The normalized spacial score (nSPS) is 19.8. The van der Waals surface area contributed by atoms with Gasteiger partial charge in [0.15, 0.2) is 0 Å². The van der Waals surface area contributed by atoms with E-state index in [-0.39, 0.29) is 0 Å². The second kappa shape index (κ2) is 4.56. The molecule has 3 rings (SSSR count). The van der Waals surface area contributed by atoms with Gasteiger partial charge in [0.1, 0.15) is 5.69 Å². The summed E-state index contributed by atoms with van der Waals surface area (Å²) in [5, 5.41) is 4.71. The van der Waals surface area contributed by atoms with Crippen molar-refractivity contribution in [2.45, 2.75) is 39.2 Å². The lowest BCUT2D eigenvalue weighted by Crippen LogP contribution is -2.39. The van der Waals surface area contributed by atoms with Crippen LogP contribution in [0, 0.1) is 5.92 Å². The van der Waals surface area contributed by atoms with E-state index in [1.54, 1.807) is 0 Å². The molecule has 1 aliphatic heterocycles. The lowest BCUT2D eigenvalue weighted by Gasteiger charge is -2.15. The van der Waals surface area contributed by atoms with Crippen LogP contribution in [-0.2, 0) is 6.42 Å². The average Bonchev–Trinajstić information content (AvgIpc) is 2.98. The van der Waals surface area contributed by atoms with Crippen molar-refractivity contribution in [2.24, 2.45) is 5.92 Å². The van der Waals surface area contributed by atoms with Crippen molar-refractivity contribution in [1.29, 1.82) is 0 Å².